The number of nitro groups is 1. The molecule has 9 heteroatoms. The van der Waals surface area contributed by atoms with Gasteiger partial charge in [-0.1, -0.05) is 0 Å². The number of hydrogen-bond donors (Lipinski definition) is 3. The Labute approximate surface area is 127 Å². The summed E-state index contributed by atoms with van der Waals surface area (Å²) < 4.78 is 0. The van der Waals surface area contributed by atoms with Crippen molar-refractivity contribution >= 4 is 23.0 Å². The van der Waals surface area contributed by atoms with Crippen LogP contribution in [0.5, 0.6) is 0 Å². The van der Waals surface area contributed by atoms with Crippen molar-refractivity contribution in [3.63, 3.8) is 0 Å². The number of nitrogens with zero attached hydrogens (tertiary/aromatic N) is 4. The Morgan fingerprint density at radius 2 is 1.95 bits per heavy atom. The number of nitrogens with one attached hydrogen (secondary N) is 3. The Hall–Kier alpha value is -2.81. The number of rotatable bonds is 5. The molecule has 0 aliphatic heterocycles. The van der Waals surface area contributed by atoms with Gasteiger partial charge in [0.05, 0.1) is 16.8 Å². The first-order valence-corrected chi connectivity index (χ1v) is 6.56. The lowest BCUT2D eigenvalue weighted by Gasteiger charge is -2.21. The maximum Gasteiger partial charge on any atom is 0.354 e. The van der Waals surface area contributed by atoms with E-state index in [4.69, 9.17) is 0 Å². The summed E-state index contributed by atoms with van der Waals surface area (Å²) in [5.41, 5.74) is 5.77. The van der Waals surface area contributed by atoms with Crippen molar-refractivity contribution in [3.8, 4) is 0 Å². The van der Waals surface area contributed by atoms with Gasteiger partial charge in [-0.2, -0.15) is 0 Å². The molecule has 3 N–H and O–H groups in total. The van der Waals surface area contributed by atoms with Gasteiger partial charge in [-0.15, -0.1) is 0 Å². The number of aromatic nitrogens is 3. The second-order valence-corrected chi connectivity index (χ2v) is 5.54. The van der Waals surface area contributed by atoms with Gasteiger partial charge in [-0.05, 0) is 32.9 Å². The molecule has 9 nitrogen and oxygen atoms in total. The lowest BCUT2D eigenvalue weighted by atomic mass is 10.1. The van der Waals surface area contributed by atoms with Gasteiger partial charge in [-0.3, -0.25) is 20.5 Å². The van der Waals surface area contributed by atoms with E-state index in [1.807, 2.05) is 20.8 Å². The van der Waals surface area contributed by atoms with Crippen LogP contribution in [-0.2, 0) is 0 Å². The number of hydrazine groups is 1. The molecule has 116 valence electrons. The molecule has 0 saturated carbocycles. The van der Waals surface area contributed by atoms with Gasteiger partial charge in [0.25, 0.3) is 0 Å². The van der Waals surface area contributed by atoms with Crippen LogP contribution in [0.2, 0.25) is 0 Å². The first-order valence-electron chi connectivity index (χ1n) is 6.56. The van der Waals surface area contributed by atoms with Crippen molar-refractivity contribution in [1.29, 1.82) is 0 Å². The van der Waals surface area contributed by atoms with Crippen LogP contribution in [0.1, 0.15) is 20.8 Å². The average molecular weight is 303 g/mol. The van der Waals surface area contributed by atoms with Crippen LogP contribution in [0, 0.1) is 10.1 Å². The molecule has 0 unspecified atom stereocenters. The highest BCUT2D eigenvalue weighted by molar-refractivity contribution is 5.73. The largest absolute Gasteiger partial charge is 0.354 e. The molecule has 0 radical (unpaired) electrons. The summed E-state index contributed by atoms with van der Waals surface area (Å²) in [6.45, 7) is 5.76. The summed E-state index contributed by atoms with van der Waals surface area (Å²) in [6.07, 6.45) is 4.41. The standard InChI is InChI=1S/C13H17N7O2/c1-13(2,3)19-18-12-10(20(21)22)11(15-8-16-12)17-9-5-4-6-14-7-9/h4-8,19H,1-3H3,(H2,15,16,17,18). The number of anilines is 3. The topological polar surface area (TPSA) is 118 Å². The zero-order valence-electron chi connectivity index (χ0n) is 12.5. The molecular formula is C13H17N7O2. The summed E-state index contributed by atoms with van der Waals surface area (Å²) in [5.74, 6) is 0.174. The molecule has 0 aliphatic carbocycles. The fourth-order valence-electron chi connectivity index (χ4n) is 1.55. The van der Waals surface area contributed by atoms with Gasteiger partial charge in [-0.25, -0.2) is 15.4 Å². The van der Waals surface area contributed by atoms with E-state index in [9.17, 15) is 10.1 Å². The summed E-state index contributed by atoms with van der Waals surface area (Å²) in [5, 5.41) is 14.2. The molecule has 0 aliphatic rings. The SMILES string of the molecule is CC(C)(C)NNc1ncnc(Nc2cccnc2)c1[N+](=O)[O-]. The molecule has 2 heterocycles. The summed E-state index contributed by atoms with van der Waals surface area (Å²) in [6, 6.07) is 3.45. The van der Waals surface area contributed by atoms with Crippen molar-refractivity contribution in [2.24, 2.45) is 0 Å². The molecule has 0 saturated heterocycles. The Morgan fingerprint density at radius 1 is 1.23 bits per heavy atom. The fourth-order valence-corrected chi connectivity index (χ4v) is 1.55. The summed E-state index contributed by atoms with van der Waals surface area (Å²) >= 11 is 0. The Balaban J connectivity index is 2.32. The van der Waals surface area contributed by atoms with E-state index in [0.29, 0.717) is 5.69 Å². The van der Waals surface area contributed by atoms with Crippen molar-refractivity contribution in [2.45, 2.75) is 26.3 Å². The minimum Gasteiger partial charge on any atom is -0.333 e. The van der Waals surface area contributed by atoms with Crippen LogP contribution >= 0.6 is 0 Å². The molecule has 0 amide bonds. The summed E-state index contributed by atoms with van der Waals surface area (Å²) in [7, 11) is 0. The van der Waals surface area contributed by atoms with E-state index >= 15 is 0 Å². The third kappa shape index (κ3) is 4.09. The molecule has 2 aromatic rings. The molecule has 2 aromatic heterocycles. The van der Waals surface area contributed by atoms with Gasteiger partial charge >= 0.3 is 5.69 Å². The highest BCUT2D eigenvalue weighted by Gasteiger charge is 2.24. The zero-order chi connectivity index (χ0) is 16.2. The van der Waals surface area contributed by atoms with E-state index in [0.717, 1.165) is 0 Å². The van der Waals surface area contributed by atoms with E-state index in [-0.39, 0.29) is 22.9 Å². The van der Waals surface area contributed by atoms with Crippen LogP contribution in [0.15, 0.2) is 30.9 Å². The molecule has 22 heavy (non-hydrogen) atoms. The van der Waals surface area contributed by atoms with E-state index < -0.39 is 4.92 Å². The minimum absolute atomic E-state index is 0.0846. The monoisotopic (exact) mass is 303 g/mol. The van der Waals surface area contributed by atoms with Crippen molar-refractivity contribution < 1.29 is 4.92 Å². The predicted molar refractivity (Wildman–Crippen MR) is 82.7 cm³/mol. The minimum atomic E-state index is -0.536. The molecule has 0 aromatic carbocycles. The Kier molecular flexibility index (Phi) is 4.47. The van der Waals surface area contributed by atoms with Crippen LogP contribution < -0.4 is 16.2 Å². The summed E-state index contributed by atoms with van der Waals surface area (Å²) in [4.78, 5) is 22.6. The molecule has 0 fully saturated rings. The lowest BCUT2D eigenvalue weighted by molar-refractivity contribution is -0.383. The smallest absolute Gasteiger partial charge is 0.333 e. The average Bonchev–Trinajstić information content (AvgIpc) is 2.45. The zero-order valence-corrected chi connectivity index (χ0v) is 12.5. The van der Waals surface area contributed by atoms with Crippen molar-refractivity contribution in [2.75, 3.05) is 10.7 Å². The number of hydrogen-bond acceptors (Lipinski definition) is 8. The van der Waals surface area contributed by atoms with E-state index in [2.05, 4.69) is 31.1 Å². The van der Waals surface area contributed by atoms with Crippen molar-refractivity contribution in [1.82, 2.24) is 20.4 Å². The van der Waals surface area contributed by atoms with Gasteiger partial charge in [0, 0.05) is 11.7 Å². The first-order chi connectivity index (χ1) is 10.4. The molecular weight excluding hydrogens is 286 g/mol. The maximum atomic E-state index is 11.4. The van der Waals surface area contributed by atoms with Gasteiger partial charge in [0.15, 0.2) is 0 Å². The van der Waals surface area contributed by atoms with Crippen LogP contribution in [-0.4, -0.2) is 25.4 Å². The Bertz CT molecular complexity index is 655. The predicted octanol–water partition coefficient (Wildman–Crippen LogP) is 2.24. The third-order valence-corrected chi connectivity index (χ3v) is 2.49. The first kappa shape index (κ1) is 15.6. The fraction of sp³-hybridized carbons (Fsp3) is 0.308. The second kappa shape index (κ2) is 6.31. The third-order valence-electron chi connectivity index (χ3n) is 2.49. The van der Waals surface area contributed by atoms with Crippen molar-refractivity contribution in [3.05, 3.63) is 41.0 Å². The van der Waals surface area contributed by atoms with Gasteiger partial charge in [0.2, 0.25) is 11.6 Å². The van der Waals surface area contributed by atoms with Gasteiger partial charge < -0.3 is 5.32 Å². The molecule has 0 bridgehead atoms. The quantitative estimate of drug-likeness (QED) is 0.568. The van der Waals surface area contributed by atoms with Crippen LogP contribution in [0.3, 0.4) is 0 Å². The maximum absolute atomic E-state index is 11.4. The lowest BCUT2D eigenvalue weighted by Crippen LogP contribution is -2.40. The molecule has 2 rings (SSSR count). The molecule has 0 spiro atoms. The normalized spacial score (nSPS) is 11.0. The highest BCUT2D eigenvalue weighted by Crippen LogP contribution is 2.30. The van der Waals surface area contributed by atoms with Crippen LogP contribution in [0.4, 0.5) is 23.0 Å². The van der Waals surface area contributed by atoms with E-state index in [1.165, 1.54) is 6.33 Å². The van der Waals surface area contributed by atoms with Crippen LogP contribution in [0.25, 0.3) is 0 Å². The highest BCUT2D eigenvalue weighted by atomic mass is 16.6. The number of pyridine rings is 1. The second-order valence-electron chi connectivity index (χ2n) is 5.54. The Morgan fingerprint density at radius 3 is 2.55 bits per heavy atom. The van der Waals surface area contributed by atoms with Gasteiger partial charge in [0.1, 0.15) is 6.33 Å². The molecule has 0 atom stereocenters. The van der Waals surface area contributed by atoms with E-state index in [1.54, 1.807) is 24.5 Å².